The molecule has 0 spiro atoms. The lowest BCUT2D eigenvalue weighted by molar-refractivity contribution is -0.146. The second-order valence-corrected chi connectivity index (χ2v) is 6.77. The van der Waals surface area contributed by atoms with Crippen molar-refractivity contribution in [3.8, 4) is 0 Å². The number of hydrogen-bond acceptors (Lipinski definition) is 5. The average Bonchev–Trinajstić information content (AvgIpc) is 2.88. The van der Waals surface area contributed by atoms with Crippen molar-refractivity contribution in [3.63, 3.8) is 0 Å². The van der Waals surface area contributed by atoms with E-state index in [1.807, 2.05) is 13.8 Å². The zero-order valence-electron chi connectivity index (χ0n) is 14.4. The molecule has 0 bridgehead atoms. The zero-order valence-corrected chi connectivity index (χ0v) is 15.1. The summed E-state index contributed by atoms with van der Waals surface area (Å²) in [5, 5.41) is 1.31. The van der Waals surface area contributed by atoms with E-state index in [0.29, 0.717) is 29.3 Å². The van der Waals surface area contributed by atoms with Crippen LogP contribution in [-0.2, 0) is 14.3 Å². The highest BCUT2D eigenvalue weighted by molar-refractivity contribution is 6.31. The molecule has 0 N–H and O–H groups in total. The smallest absolute Gasteiger partial charge is 0.375 e. The molecule has 0 radical (unpaired) electrons. The normalized spacial score (nSPS) is 20.7. The van der Waals surface area contributed by atoms with Gasteiger partial charge in [-0.3, -0.25) is 4.79 Å². The van der Waals surface area contributed by atoms with Crippen LogP contribution in [0, 0.1) is 6.92 Å². The predicted octanol–water partition coefficient (Wildman–Crippen LogP) is 3.19. The first-order chi connectivity index (χ1) is 11.8. The first kappa shape index (κ1) is 17.8. The van der Waals surface area contributed by atoms with E-state index in [-0.39, 0.29) is 30.5 Å². The molecule has 134 valence electrons. The Kier molecular flexibility index (Phi) is 5.01. The molecule has 1 saturated heterocycles. The van der Waals surface area contributed by atoms with Gasteiger partial charge in [-0.1, -0.05) is 11.6 Å². The number of carbonyl (C=O) groups is 2. The Hall–Kier alpha value is -2.05. The Balaban J connectivity index is 1.66. The van der Waals surface area contributed by atoms with E-state index in [0.717, 1.165) is 5.39 Å². The number of ether oxygens (including phenoxy) is 2. The monoisotopic (exact) mass is 365 g/mol. The van der Waals surface area contributed by atoms with Crippen LogP contribution in [0.25, 0.3) is 11.0 Å². The van der Waals surface area contributed by atoms with Crippen LogP contribution in [0.1, 0.15) is 30.0 Å². The highest BCUT2D eigenvalue weighted by Gasteiger charge is 2.27. The number of hydrogen-bond donors (Lipinski definition) is 0. The molecule has 0 aliphatic carbocycles. The number of amides is 1. The summed E-state index contributed by atoms with van der Waals surface area (Å²) < 4.78 is 16.3. The van der Waals surface area contributed by atoms with Gasteiger partial charge >= 0.3 is 5.97 Å². The van der Waals surface area contributed by atoms with E-state index in [2.05, 4.69) is 0 Å². The Morgan fingerprint density at radius 2 is 1.96 bits per heavy atom. The highest BCUT2D eigenvalue weighted by Crippen LogP contribution is 2.28. The third kappa shape index (κ3) is 3.80. The van der Waals surface area contributed by atoms with Crippen molar-refractivity contribution in [2.24, 2.45) is 0 Å². The van der Waals surface area contributed by atoms with Gasteiger partial charge < -0.3 is 18.8 Å². The maximum Gasteiger partial charge on any atom is 0.375 e. The van der Waals surface area contributed by atoms with Gasteiger partial charge in [0.05, 0.1) is 12.2 Å². The Bertz CT molecular complexity index is 805. The van der Waals surface area contributed by atoms with Crippen LogP contribution >= 0.6 is 11.6 Å². The van der Waals surface area contributed by atoms with Gasteiger partial charge in [-0.05, 0) is 39.0 Å². The zero-order chi connectivity index (χ0) is 18.1. The summed E-state index contributed by atoms with van der Waals surface area (Å²) in [4.78, 5) is 26.2. The first-order valence-corrected chi connectivity index (χ1v) is 8.52. The number of rotatable bonds is 3. The van der Waals surface area contributed by atoms with Gasteiger partial charge in [0.1, 0.15) is 5.58 Å². The van der Waals surface area contributed by atoms with E-state index >= 15 is 0 Å². The number of nitrogens with zero attached hydrogens (tertiary/aromatic N) is 1. The van der Waals surface area contributed by atoms with Crippen LogP contribution in [0.15, 0.2) is 22.6 Å². The van der Waals surface area contributed by atoms with Crippen LogP contribution in [0.5, 0.6) is 0 Å². The number of furan rings is 1. The maximum absolute atomic E-state index is 12.3. The Morgan fingerprint density at radius 3 is 2.64 bits per heavy atom. The quantitative estimate of drug-likeness (QED) is 0.781. The topological polar surface area (TPSA) is 69.0 Å². The van der Waals surface area contributed by atoms with Gasteiger partial charge in [-0.25, -0.2) is 4.79 Å². The van der Waals surface area contributed by atoms with Crippen molar-refractivity contribution >= 4 is 34.4 Å². The lowest BCUT2D eigenvalue weighted by atomic mass is 10.1. The minimum absolute atomic E-state index is 0.0363. The summed E-state index contributed by atoms with van der Waals surface area (Å²) >= 11 is 5.97. The SMILES string of the molecule is Cc1c(C(=O)OCC(=O)N2C[C@H](C)O[C@@H](C)C2)oc2ccc(Cl)cc12. The van der Waals surface area contributed by atoms with Crippen LogP contribution in [-0.4, -0.2) is 48.7 Å². The fraction of sp³-hybridized carbons (Fsp3) is 0.444. The molecule has 3 rings (SSSR count). The molecule has 1 fully saturated rings. The fourth-order valence-corrected chi connectivity index (χ4v) is 3.23. The molecule has 2 aromatic rings. The largest absolute Gasteiger partial charge is 0.450 e. The predicted molar refractivity (Wildman–Crippen MR) is 92.8 cm³/mol. The van der Waals surface area contributed by atoms with Gasteiger partial charge in [0.25, 0.3) is 5.91 Å². The van der Waals surface area contributed by atoms with Gasteiger partial charge in [0.15, 0.2) is 6.61 Å². The number of esters is 1. The van der Waals surface area contributed by atoms with Crippen molar-refractivity contribution < 1.29 is 23.5 Å². The van der Waals surface area contributed by atoms with Crippen LogP contribution in [0.2, 0.25) is 5.02 Å². The van der Waals surface area contributed by atoms with Crippen LogP contribution < -0.4 is 0 Å². The molecular formula is C18H20ClNO5. The molecule has 1 amide bonds. The van der Waals surface area contributed by atoms with Gasteiger partial charge in [-0.15, -0.1) is 0 Å². The van der Waals surface area contributed by atoms with E-state index in [1.54, 1.807) is 30.0 Å². The number of halogens is 1. The standard InChI is InChI=1S/C18H20ClNO5/c1-10-7-20(8-11(2)24-10)16(21)9-23-18(22)17-12(3)14-6-13(19)4-5-15(14)25-17/h4-6,10-11H,7-9H2,1-3H3/t10-,11-/m0/s1. The Morgan fingerprint density at radius 1 is 1.28 bits per heavy atom. The second-order valence-electron chi connectivity index (χ2n) is 6.33. The van der Waals surface area contributed by atoms with E-state index in [4.69, 9.17) is 25.5 Å². The van der Waals surface area contributed by atoms with Crippen molar-refractivity contribution in [2.45, 2.75) is 33.0 Å². The number of aryl methyl sites for hydroxylation is 1. The van der Waals surface area contributed by atoms with E-state index in [1.165, 1.54) is 0 Å². The average molecular weight is 366 g/mol. The van der Waals surface area contributed by atoms with Crippen LogP contribution in [0.3, 0.4) is 0 Å². The molecule has 2 atom stereocenters. The summed E-state index contributed by atoms with van der Waals surface area (Å²) in [5.74, 6) is -0.812. The number of fused-ring (bicyclic) bond motifs is 1. The molecule has 1 aliphatic heterocycles. The summed E-state index contributed by atoms with van der Waals surface area (Å²) in [6, 6.07) is 5.11. The van der Waals surface area contributed by atoms with Gasteiger partial charge in [-0.2, -0.15) is 0 Å². The molecule has 0 saturated carbocycles. The minimum atomic E-state index is -0.660. The first-order valence-electron chi connectivity index (χ1n) is 8.14. The lowest BCUT2D eigenvalue weighted by Gasteiger charge is -2.35. The number of benzene rings is 1. The molecule has 1 aliphatic rings. The molecule has 25 heavy (non-hydrogen) atoms. The van der Waals surface area contributed by atoms with E-state index < -0.39 is 5.97 Å². The number of morpholine rings is 1. The molecule has 1 aromatic heterocycles. The molecule has 7 heteroatoms. The van der Waals surface area contributed by atoms with Crippen molar-refractivity contribution in [1.82, 2.24) is 4.90 Å². The lowest BCUT2D eigenvalue weighted by Crippen LogP contribution is -2.49. The summed E-state index contributed by atoms with van der Waals surface area (Å²) in [6.45, 7) is 6.23. The molecule has 6 nitrogen and oxygen atoms in total. The number of carbonyl (C=O) groups excluding carboxylic acids is 2. The third-order valence-corrected chi connectivity index (χ3v) is 4.42. The van der Waals surface area contributed by atoms with Crippen LogP contribution in [0.4, 0.5) is 0 Å². The second kappa shape index (κ2) is 7.06. The minimum Gasteiger partial charge on any atom is -0.450 e. The summed E-state index contributed by atoms with van der Waals surface area (Å²) in [6.07, 6.45) is -0.0727. The summed E-state index contributed by atoms with van der Waals surface area (Å²) in [5.41, 5.74) is 1.19. The Labute approximate surface area is 150 Å². The van der Waals surface area contributed by atoms with Gasteiger partial charge in [0.2, 0.25) is 5.76 Å². The molecule has 0 unspecified atom stereocenters. The summed E-state index contributed by atoms with van der Waals surface area (Å²) in [7, 11) is 0. The highest BCUT2D eigenvalue weighted by atomic mass is 35.5. The fourth-order valence-electron chi connectivity index (χ4n) is 3.05. The third-order valence-electron chi connectivity index (χ3n) is 4.18. The van der Waals surface area contributed by atoms with Crippen molar-refractivity contribution in [3.05, 3.63) is 34.5 Å². The maximum atomic E-state index is 12.3. The van der Waals surface area contributed by atoms with Crippen molar-refractivity contribution in [2.75, 3.05) is 19.7 Å². The molecule has 1 aromatic carbocycles. The van der Waals surface area contributed by atoms with E-state index in [9.17, 15) is 9.59 Å². The molecular weight excluding hydrogens is 346 g/mol. The van der Waals surface area contributed by atoms with Crippen molar-refractivity contribution in [1.29, 1.82) is 0 Å². The molecule has 2 heterocycles. The van der Waals surface area contributed by atoms with Gasteiger partial charge in [0, 0.05) is 29.1 Å².